The van der Waals surface area contributed by atoms with Crippen LogP contribution in [0.25, 0.3) is 10.8 Å². The topological polar surface area (TPSA) is 39.1 Å². The summed E-state index contributed by atoms with van der Waals surface area (Å²) in [6.07, 6.45) is 5.62. The van der Waals surface area contributed by atoms with Crippen LogP contribution >= 0.6 is 0 Å². The smallest absolute Gasteiger partial charge is 0.119 e. The minimum Gasteiger partial charge on any atom is -0.497 e. The van der Waals surface area contributed by atoms with Gasteiger partial charge in [-0.1, -0.05) is 18.2 Å². The first-order valence-electron chi connectivity index (χ1n) is 7.08. The van der Waals surface area contributed by atoms with E-state index in [1.807, 2.05) is 18.6 Å². The molecule has 2 aromatic carbocycles. The van der Waals surface area contributed by atoms with Gasteiger partial charge in [0.2, 0.25) is 0 Å². The fraction of sp³-hybridized carbons (Fsp3) is 0.235. The van der Waals surface area contributed by atoms with E-state index >= 15 is 0 Å². The van der Waals surface area contributed by atoms with Gasteiger partial charge in [-0.05, 0) is 34.5 Å². The Bertz CT molecular complexity index is 707. The average Bonchev–Trinajstić information content (AvgIpc) is 3.04. The molecule has 108 valence electrons. The SMILES string of the molecule is COc1ccc2cc(CNCCn3ccnc3)ccc2c1. The molecule has 0 aliphatic heterocycles. The number of nitrogens with zero attached hydrogens (tertiary/aromatic N) is 2. The molecular formula is C17H19N3O. The van der Waals surface area contributed by atoms with Crippen molar-refractivity contribution >= 4 is 10.8 Å². The average molecular weight is 281 g/mol. The number of nitrogens with one attached hydrogen (secondary N) is 1. The van der Waals surface area contributed by atoms with Crippen molar-refractivity contribution in [1.29, 1.82) is 0 Å². The van der Waals surface area contributed by atoms with Gasteiger partial charge in [-0.2, -0.15) is 0 Å². The van der Waals surface area contributed by atoms with Crippen molar-refractivity contribution in [1.82, 2.24) is 14.9 Å². The predicted octanol–water partition coefficient (Wildman–Crippen LogP) is 2.83. The van der Waals surface area contributed by atoms with Crippen LogP contribution in [0.5, 0.6) is 5.75 Å². The van der Waals surface area contributed by atoms with Gasteiger partial charge in [0.1, 0.15) is 5.75 Å². The highest BCUT2D eigenvalue weighted by molar-refractivity contribution is 5.84. The third kappa shape index (κ3) is 3.41. The molecule has 0 saturated heterocycles. The quantitative estimate of drug-likeness (QED) is 0.706. The highest BCUT2D eigenvalue weighted by atomic mass is 16.5. The molecule has 0 aliphatic carbocycles. The zero-order chi connectivity index (χ0) is 14.5. The molecule has 4 heteroatoms. The Morgan fingerprint density at radius 1 is 1.14 bits per heavy atom. The van der Waals surface area contributed by atoms with Crippen molar-refractivity contribution in [2.24, 2.45) is 0 Å². The molecule has 0 atom stereocenters. The fourth-order valence-corrected chi connectivity index (χ4v) is 2.37. The fourth-order valence-electron chi connectivity index (χ4n) is 2.37. The van der Waals surface area contributed by atoms with Gasteiger partial charge in [0, 0.05) is 32.0 Å². The van der Waals surface area contributed by atoms with E-state index in [2.05, 4.69) is 45.2 Å². The molecular weight excluding hydrogens is 262 g/mol. The lowest BCUT2D eigenvalue weighted by atomic mass is 10.1. The van der Waals surface area contributed by atoms with Gasteiger partial charge in [-0.15, -0.1) is 0 Å². The molecule has 4 nitrogen and oxygen atoms in total. The van der Waals surface area contributed by atoms with E-state index in [4.69, 9.17) is 4.74 Å². The number of benzene rings is 2. The normalized spacial score (nSPS) is 10.9. The van der Waals surface area contributed by atoms with E-state index in [0.29, 0.717) is 0 Å². The minimum absolute atomic E-state index is 0.872. The summed E-state index contributed by atoms with van der Waals surface area (Å²) in [5.41, 5.74) is 1.29. The van der Waals surface area contributed by atoms with E-state index in [9.17, 15) is 0 Å². The highest BCUT2D eigenvalue weighted by Crippen LogP contribution is 2.21. The summed E-state index contributed by atoms with van der Waals surface area (Å²) in [5, 5.41) is 5.90. The molecule has 0 fully saturated rings. The summed E-state index contributed by atoms with van der Waals surface area (Å²) in [6.45, 7) is 2.73. The van der Waals surface area contributed by atoms with Crippen LogP contribution in [0.4, 0.5) is 0 Å². The Kier molecular flexibility index (Phi) is 4.17. The third-order valence-corrected chi connectivity index (χ3v) is 3.55. The maximum Gasteiger partial charge on any atom is 0.119 e. The van der Waals surface area contributed by atoms with Crippen LogP contribution < -0.4 is 10.1 Å². The third-order valence-electron chi connectivity index (χ3n) is 3.55. The molecule has 0 saturated carbocycles. The Morgan fingerprint density at radius 2 is 2.00 bits per heavy atom. The van der Waals surface area contributed by atoms with Crippen molar-refractivity contribution in [2.75, 3.05) is 13.7 Å². The summed E-state index contributed by atoms with van der Waals surface area (Å²) in [5.74, 6) is 0.897. The molecule has 0 spiro atoms. The number of aromatic nitrogens is 2. The van der Waals surface area contributed by atoms with Gasteiger partial charge in [-0.3, -0.25) is 0 Å². The monoisotopic (exact) mass is 281 g/mol. The molecule has 1 N–H and O–H groups in total. The minimum atomic E-state index is 0.872. The second kappa shape index (κ2) is 6.41. The first kappa shape index (κ1) is 13.6. The summed E-state index contributed by atoms with van der Waals surface area (Å²) in [4.78, 5) is 4.03. The number of hydrogen-bond acceptors (Lipinski definition) is 3. The lowest BCUT2D eigenvalue weighted by molar-refractivity contribution is 0.415. The second-order valence-electron chi connectivity index (χ2n) is 5.02. The molecule has 3 rings (SSSR count). The van der Waals surface area contributed by atoms with Crippen LogP contribution in [-0.2, 0) is 13.1 Å². The first-order chi connectivity index (χ1) is 10.3. The lowest BCUT2D eigenvalue weighted by Crippen LogP contribution is -2.18. The molecule has 1 heterocycles. The van der Waals surface area contributed by atoms with Crippen molar-refractivity contribution in [2.45, 2.75) is 13.1 Å². The molecule has 21 heavy (non-hydrogen) atoms. The number of methoxy groups -OCH3 is 1. The van der Waals surface area contributed by atoms with Gasteiger partial charge in [0.05, 0.1) is 13.4 Å². The van der Waals surface area contributed by atoms with Crippen LogP contribution in [0.3, 0.4) is 0 Å². The highest BCUT2D eigenvalue weighted by Gasteiger charge is 1.99. The first-order valence-corrected chi connectivity index (χ1v) is 7.08. The molecule has 0 amide bonds. The van der Waals surface area contributed by atoms with Crippen molar-refractivity contribution in [3.05, 3.63) is 60.7 Å². The van der Waals surface area contributed by atoms with Crippen molar-refractivity contribution in [3.8, 4) is 5.75 Å². The molecule has 1 aromatic heterocycles. The maximum absolute atomic E-state index is 5.25. The summed E-state index contributed by atoms with van der Waals surface area (Å²) < 4.78 is 7.32. The standard InChI is InChI=1S/C17H19N3O/c1-21-17-5-4-15-10-14(2-3-16(15)11-17)12-18-6-8-20-9-7-19-13-20/h2-5,7,9-11,13,18H,6,8,12H2,1H3. The number of imidazole rings is 1. The molecule has 3 aromatic rings. The maximum atomic E-state index is 5.25. The Balaban J connectivity index is 1.59. The van der Waals surface area contributed by atoms with Crippen LogP contribution in [0.1, 0.15) is 5.56 Å². The summed E-state index contributed by atoms with van der Waals surface area (Å²) in [7, 11) is 1.69. The Morgan fingerprint density at radius 3 is 2.81 bits per heavy atom. The van der Waals surface area contributed by atoms with Crippen molar-refractivity contribution < 1.29 is 4.74 Å². The lowest BCUT2D eigenvalue weighted by Gasteiger charge is -2.08. The molecule has 0 radical (unpaired) electrons. The number of rotatable bonds is 6. The molecule has 0 bridgehead atoms. The van der Waals surface area contributed by atoms with Gasteiger partial charge in [0.15, 0.2) is 0 Å². The zero-order valence-electron chi connectivity index (χ0n) is 12.1. The predicted molar refractivity (Wildman–Crippen MR) is 84.4 cm³/mol. The van der Waals surface area contributed by atoms with Crippen molar-refractivity contribution in [3.63, 3.8) is 0 Å². The molecule has 0 aliphatic rings. The van der Waals surface area contributed by atoms with Gasteiger partial charge >= 0.3 is 0 Å². The van der Waals surface area contributed by atoms with E-state index < -0.39 is 0 Å². The largest absolute Gasteiger partial charge is 0.497 e. The molecule has 0 unspecified atom stereocenters. The Labute approximate surface area is 124 Å². The summed E-state index contributed by atoms with van der Waals surface area (Å²) in [6, 6.07) is 12.7. The van der Waals surface area contributed by atoms with Crippen LogP contribution in [0, 0.1) is 0 Å². The number of ether oxygens (including phenoxy) is 1. The van der Waals surface area contributed by atoms with Gasteiger partial charge in [-0.25, -0.2) is 4.98 Å². The van der Waals surface area contributed by atoms with E-state index in [1.54, 1.807) is 13.3 Å². The van der Waals surface area contributed by atoms with Crippen LogP contribution in [0.15, 0.2) is 55.1 Å². The van der Waals surface area contributed by atoms with Gasteiger partial charge < -0.3 is 14.6 Å². The number of hydrogen-bond donors (Lipinski definition) is 1. The van der Waals surface area contributed by atoms with E-state index in [0.717, 1.165) is 25.4 Å². The summed E-state index contributed by atoms with van der Waals surface area (Å²) >= 11 is 0. The Hall–Kier alpha value is -2.33. The van der Waals surface area contributed by atoms with Crippen LogP contribution in [0.2, 0.25) is 0 Å². The van der Waals surface area contributed by atoms with E-state index in [1.165, 1.54) is 16.3 Å². The van der Waals surface area contributed by atoms with E-state index in [-0.39, 0.29) is 0 Å². The number of fused-ring (bicyclic) bond motifs is 1. The zero-order valence-corrected chi connectivity index (χ0v) is 12.1. The van der Waals surface area contributed by atoms with Crippen LogP contribution in [-0.4, -0.2) is 23.2 Å². The van der Waals surface area contributed by atoms with Gasteiger partial charge in [0.25, 0.3) is 0 Å². The second-order valence-corrected chi connectivity index (χ2v) is 5.02.